The monoisotopic (exact) mass is 453 g/mol. The number of nitrogens with one attached hydrogen (secondary N) is 3. The van der Waals surface area contributed by atoms with Crippen LogP contribution in [0.2, 0.25) is 0 Å². The molecule has 0 bridgehead atoms. The highest BCUT2D eigenvalue weighted by Gasteiger charge is 2.30. The number of hydrogen-bond donors (Lipinski definition) is 3. The first-order valence-corrected chi connectivity index (χ1v) is 10.7. The zero-order valence-electron chi connectivity index (χ0n) is 19.0. The van der Waals surface area contributed by atoms with Crippen molar-refractivity contribution in [3.63, 3.8) is 0 Å². The first kappa shape index (κ1) is 22.5. The number of fused-ring (bicyclic) bond motifs is 1. The van der Waals surface area contributed by atoms with Crippen LogP contribution in [0.1, 0.15) is 30.1 Å². The Hall–Kier alpha value is -3.66. The Labute approximate surface area is 191 Å². The molecular weight excluding hydrogens is 426 g/mol. The molecule has 0 aliphatic carbocycles. The Morgan fingerprint density at radius 3 is 2.45 bits per heavy atom. The van der Waals surface area contributed by atoms with Gasteiger partial charge in [-0.15, -0.1) is 0 Å². The van der Waals surface area contributed by atoms with Crippen LogP contribution in [0.3, 0.4) is 0 Å². The van der Waals surface area contributed by atoms with Crippen LogP contribution < -0.4 is 24.8 Å². The van der Waals surface area contributed by atoms with E-state index in [9.17, 15) is 9.59 Å². The van der Waals surface area contributed by atoms with Crippen molar-refractivity contribution in [2.75, 3.05) is 27.9 Å². The molecule has 0 radical (unpaired) electrons. The highest BCUT2D eigenvalue weighted by Crippen LogP contribution is 2.40. The smallest absolute Gasteiger partial charge is 0.255 e. The predicted octanol–water partition coefficient (Wildman–Crippen LogP) is 2.09. The molecule has 0 saturated carbocycles. The Balaban J connectivity index is 1.69. The van der Waals surface area contributed by atoms with E-state index in [1.807, 2.05) is 0 Å². The van der Waals surface area contributed by atoms with Crippen LogP contribution in [-0.4, -0.2) is 66.6 Å². The van der Waals surface area contributed by atoms with Crippen molar-refractivity contribution in [3.05, 3.63) is 30.1 Å². The molecule has 3 N–H and O–H groups in total. The third-order valence-electron chi connectivity index (χ3n) is 5.81. The molecule has 1 aromatic carbocycles. The second kappa shape index (κ2) is 9.45. The minimum atomic E-state index is -0.601. The fourth-order valence-corrected chi connectivity index (χ4v) is 4.13. The summed E-state index contributed by atoms with van der Waals surface area (Å²) >= 11 is 0. The van der Waals surface area contributed by atoms with E-state index in [0.717, 1.165) is 19.4 Å². The number of benzene rings is 1. The Bertz CT molecular complexity index is 1160. The van der Waals surface area contributed by atoms with Crippen LogP contribution in [0.4, 0.5) is 0 Å². The quantitative estimate of drug-likeness (QED) is 0.473. The van der Waals surface area contributed by atoms with E-state index in [0.29, 0.717) is 45.2 Å². The van der Waals surface area contributed by atoms with Gasteiger partial charge in [0, 0.05) is 17.8 Å². The van der Waals surface area contributed by atoms with Gasteiger partial charge in [0.25, 0.3) is 5.91 Å². The number of methoxy groups -OCH3 is 3. The molecule has 33 heavy (non-hydrogen) atoms. The van der Waals surface area contributed by atoms with Crippen LogP contribution in [-0.2, 0) is 4.79 Å². The van der Waals surface area contributed by atoms with Crippen molar-refractivity contribution < 1.29 is 23.8 Å². The highest BCUT2D eigenvalue weighted by atomic mass is 16.5. The number of aromatic amines is 1. The summed E-state index contributed by atoms with van der Waals surface area (Å²) in [5, 5.41) is 6.15. The molecule has 1 saturated heterocycles. The van der Waals surface area contributed by atoms with Gasteiger partial charge in [-0.05, 0) is 38.4 Å². The standard InChI is InChI=1S/C23H27N5O5/c1-12(29)19(15-6-5-7-24-15)28-23(30)14-10-25-22-20(14)27-16(11-26-22)13-8-17(31-2)21(33-4)18(9-13)32-3/h8-11,15,19,24H,5-7H2,1-4H3,(H,25,26)(H,28,30). The topological polar surface area (TPSA) is 127 Å². The molecule has 1 amide bonds. The van der Waals surface area contributed by atoms with Gasteiger partial charge in [0.05, 0.1) is 38.8 Å². The number of carbonyl (C=O) groups excluding carboxylic acids is 2. The van der Waals surface area contributed by atoms with Crippen molar-refractivity contribution in [3.8, 4) is 28.5 Å². The summed E-state index contributed by atoms with van der Waals surface area (Å²) in [6, 6.07) is 2.86. The molecule has 10 nitrogen and oxygen atoms in total. The van der Waals surface area contributed by atoms with Crippen molar-refractivity contribution >= 4 is 22.9 Å². The highest BCUT2D eigenvalue weighted by molar-refractivity contribution is 6.06. The van der Waals surface area contributed by atoms with Gasteiger partial charge in [0.1, 0.15) is 11.6 Å². The molecule has 2 aromatic heterocycles. The van der Waals surface area contributed by atoms with Crippen LogP contribution in [0.5, 0.6) is 17.2 Å². The number of ether oxygens (including phenoxy) is 3. The largest absolute Gasteiger partial charge is 0.493 e. The number of Topliss-reactive ketones (excluding diaryl/α,β-unsaturated/α-hetero) is 1. The summed E-state index contributed by atoms with van der Waals surface area (Å²) in [5.41, 5.74) is 2.39. The maximum Gasteiger partial charge on any atom is 0.255 e. The first-order valence-electron chi connectivity index (χ1n) is 10.7. The lowest BCUT2D eigenvalue weighted by molar-refractivity contribution is -0.119. The predicted molar refractivity (Wildman–Crippen MR) is 122 cm³/mol. The van der Waals surface area contributed by atoms with Crippen LogP contribution in [0.15, 0.2) is 24.5 Å². The maximum absolute atomic E-state index is 13.1. The SMILES string of the molecule is COc1cc(-c2cnc3[nH]cc(C(=O)NC(C(C)=O)C4CCCN4)c3n2)cc(OC)c1OC. The number of rotatable bonds is 8. The number of hydrogen-bond acceptors (Lipinski definition) is 8. The van der Waals surface area contributed by atoms with Gasteiger partial charge in [-0.1, -0.05) is 0 Å². The molecule has 0 spiro atoms. The number of H-pyrrole nitrogens is 1. The maximum atomic E-state index is 13.1. The molecular formula is C23H27N5O5. The van der Waals surface area contributed by atoms with E-state index in [-0.39, 0.29) is 17.7 Å². The summed E-state index contributed by atoms with van der Waals surface area (Å²) in [4.78, 5) is 37.3. The van der Waals surface area contributed by atoms with Crippen molar-refractivity contribution in [2.24, 2.45) is 0 Å². The van der Waals surface area contributed by atoms with Crippen molar-refractivity contribution in [1.82, 2.24) is 25.6 Å². The number of aromatic nitrogens is 3. The fraction of sp³-hybridized carbons (Fsp3) is 0.391. The average molecular weight is 453 g/mol. The normalized spacial score (nSPS) is 16.4. The zero-order chi connectivity index (χ0) is 23.5. The van der Waals surface area contributed by atoms with Gasteiger partial charge in [-0.2, -0.15) is 0 Å². The number of amides is 1. The number of nitrogens with zero attached hydrogens (tertiary/aromatic N) is 2. The fourth-order valence-electron chi connectivity index (χ4n) is 4.13. The summed E-state index contributed by atoms with van der Waals surface area (Å²) in [6.45, 7) is 2.32. The van der Waals surface area contributed by atoms with Gasteiger partial charge < -0.3 is 29.8 Å². The first-order chi connectivity index (χ1) is 16.0. The summed E-state index contributed by atoms with van der Waals surface area (Å²) < 4.78 is 16.2. The molecule has 3 heterocycles. The third-order valence-corrected chi connectivity index (χ3v) is 5.81. The van der Waals surface area contributed by atoms with Gasteiger partial charge in [-0.3, -0.25) is 9.59 Å². The summed E-state index contributed by atoms with van der Waals surface area (Å²) in [5.74, 6) is 0.955. The molecule has 1 aliphatic rings. The number of ketones is 1. The molecule has 1 aliphatic heterocycles. The van der Waals surface area contributed by atoms with Crippen molar-refractivity contribution in [1.29, 1.82) is 0 Å². The van der Waals surface area contributed by atoms with E-state index < -0.39 is 6.04 Å². The molecule has 2 atom stereocenters. The summed E-state index contributed by atoms with van der Waals surface area (Å²) in [6.07, 6.45) is 4.96. The molecule has 174 valence electrons. The van der Waals surface area contributed by atoms with Gasteiger partial charge in [-0.25, -0.2) is 9.97 Å². The lowest BCUT2D eigenvalue weighted by Gasteiger charge is -2.22. The lowest BCUT2D eigenvalue weighted by atomic mass is 10.0. The Kier molecular flexibility index (Phi) is 6.45. The van der Waals surface area contributed by atoms with E-state index in [1.54, 1.807) is 24.5 Å². The van der Waals surface area contributed by atoms with E-state index in [2.05, 4.69) is 25.6 Å². The van der Waals surface area contributed by atoms with Crippen LogP contribution >= 0.6 is 0 Å². The Morgan fingerprint density at radius 2 is 1.88 bits per heavy atom. The summed E-state index contributed by atoms with van der Waals surface area (Å²) in [7, 11) is 4.61. The molecule has 1 fully saturated rings. The molecule has 10 heteroatoms. The Morgan fingerprint density at radius 1 is 1.15 bits per heavy atom. The van der Waals surface area contributed by atoms with Gasteiger partial charge in [0.2, 0.25) is 5.75 Å². The molecule has 2 unspecified atom stereocenters. The average Bonchev–Trinajstić information content (AvgIpc) is 3.50. The van der Waals surface area contributed by atoms with Gasteiger partial charge in [0.15, 0.2) is 22.9 Å². The van der Waals surface area contributed by atoms with Crippen LogP contribution in [0, 0.1) is 0 Å². The zero-order valence-corrected chi connectivity index (χ0v) is 19.0. The van der Waals surface area contributed by atoms with E-state index in [4.69, 9.17) is 14.2 Å². The van der Waals surface area contributed by atoms with Crippen molar-refractivity contribution in [2.45, 2.75) is 31.8 Å². The second-order valence-corrected chi connectivity index (χ2v) is 7.83. The molecule has 3 aromatic rings. The van der Waals surface area contributed by atoms with E-state index in [1.165, 1.54) is 28.3 Å². The molecule has 4 rings (SSSR count). The lowest BCUT2D eigenvalue weighted by Crippen LogP contribution is -2.51. The number of carbonyl (C=O) groups is 2. The van der Waals surface area contributed by atoms with Gasteiger partial charge >= 0.3 is 0 Å². The van der Waals surface area contributed by atoms with E-state index >= 15 is 0 Å². The minimum Gasteiger partial charge on any atom is -0.493 e. The third kappa shape index (κ3) is 4.34. The second-order valence-electron chi connectivity index (χ2n) is 7.83. The van der Waals surface area contributed by atoms with Crippen LogP contribution in [0.25, 0.3) is 22.4 Å². The minimum absolute atomic E-state index is 0.0717.